The molecule has 0 bridgehead atoms. The van der Waals surface area contributed by atoms with Crippen molar-refractivity contribution >= 4 is 16.9 Å². The smallest absolute Gasteiger partial charge is 0.220 e. The normalized spacial score (nSPS) is 12.1. The molecule has 2 aromatic heterocycles. The van der Waals surface area contributed by atoms with Crippen LogP contribution in [0, 0.1) is 0 Å². The summed E-state index contributed by atoms with van der Waals surface area (Å²) in [4.78, 5) is 20.7. The van der Waals surface area contributed by atoms with Crippen LogP contribution < -0.4 is 5.32 Å². The van der Waals surface area contributed by atoms with Crippen LogP contribution in [-0.2, 0) is 11.3 Å². The number of hydrogen-bond acceptors (Lipinski definition) is 2. The Bertz CT molecular complexity index is 1000. The summed E-state index contributed by atoms with van der Waals surface area (Å²) in [6, 6.07) is 21.7. The van der Waals surface area contributed by atoms with Gasteiger partial charge in [-0.15, -0.1) is 0 Å². The quantitative estimate of drug-likeness (QED) is 0.405. The minimum absolute atomic E-state index is 0.0558. The van der Waals surface area contributed by atoms with Crippen LogP contribution in [0.2, 0.25) is 0 Å². The summed E-state index contributed by atoms with van der Waals surface area (Å²) in [7, 11) is 0. The number of rotatable bonds is 9. The van der Waals surface area contributed by atoms with E-state index in [1.54, 1.807) is 0 Å². The lowest BCUT2D eigenvalue weighted by molar-refractivity contribution is -0.121. The molecule has 2 heterocycles. The van der Waals surface area contributed by atoms with E-state index in [4.69, 9.17) is 4.98 Å². The Morgan fingerprint density at radius 3 is 2.48 bits per heavy atom. The van der Waals surface area contributed by atoms with E-state index in [0.717, 1.165) is 48.2 Å². The van der Waals surface area contributed by atoms with Crippen molar-refractivity contribution in [2.24, 2.45) is 0 Å². The fourth-order valence-electron chi connectivity index (χ4n) is 3.57. The highest BCUT2D eigenvalue weighted by atomic mass is 16.1. The van der Waals surface area contributed by atoms with E-state index in [1.807, 2.05) is 66.7 Å². The van der Waals surface area contributed by atoms with Crippen molar-refractivity contribution in [3.05, 3.63) is 90.5 Å². The van der Waals surface area contributed by atoms with Gasteiger partial charge in [0.05, 0.1) is 11.0 Å². The zero-order valence-corrected chi connectivity index (χ0v) is 16.4. The number of fused-ring (bicyclic) bond motifs is 1. The third kappa shape index (κ3) is 4.93. The molecule has 1 atom stereocenters. The molecule has 4 rings (SSSR count). The number of carbonyl (C=O) groups excluding carboxylic acids is 1. The topological polar surface area (TPSA) is 62.7 Å². The Balaban J connectivity index is 1.38. The van der Waals surface area contributed by atoms with Gasteiger partial charge in [0.15, 0.2) is 0 Å². The van der Waals surface area contributed by atoms with Gasteiger partial charge in [-0.3, -0.25) is 4.79 Å². The first-order valence-corrected chi connectivity index (χ1v) is 10.2. The van der Waals surface area contributed by atoms with Gasteiger partial charge < -0.3 is 14.9 Å². The summed E-state index contributed by atoms with van der Waals surface area (Å²) in [5, 5.41) is 3.18. The second-order valence-electron chi connectivity index (χ2n) is 7.28. The highest BCUT2D eigenvalue weighted by molar-refractivity contribution is 5.78. The van der Waals surface area contributed by atoms with E-state index in [1.165, 1.54) is 0 Å². The predicted octanol–water partition coefficient (Wildman–Crippen LogP) is 4.83. The van der Waals surface area contributed by atoms with Gasteiger partial charge in [0.25, 0.3) is 0 Å². The number of aromatic amines is 1. The number of nitrogens with zero attached hydrogens (tertiary/aromatic N) is 2. The molecule has 2 aromatic carbocycles. The Kier molecular flexibility index (Phi) is 6.05. The van der Waals surface area contributed by atoms with Crippen LogP contribution in [0.4, 0.5) is 0 Å². The van der Waals surface area contributed by atoms with Gasteiger partial charge in [0, 0.05) is 25.4 Å². The molecule has 0 aliphatic carbocycles. The molecule has 0 aliphatic heterocycles. The SMILES string of the molecule is O=C(CCCCCn1cccc1)NC(c1ccccc1)c1nc2ccccc2[nH]1. The van der Waals surface area contributed by atoms with E-state index in [9.17, 15) is 4.79 Å². The van der Waals surface area contributed by atoms with Crippen molar-refractivity contribution in [3.63, 3.8) is 0 Å². The number of aromatic nitrogens is 3. The lowest BCUT2D eigenvalue weighted by atomic mass is 10.1. The van der Waals surface area contributed by atoms with Crippen LogP contribution in [-0.4, -0.2) is 20.4 Å². The summed E-state index contributed by atoms with van der Waals surface area (Å²) in [5.41, 5.74) is 2.90. The highest BCUT2D eigenvalue weighted by Gasteiger charge is 2.20. The molecule has 0 aliphatic rings. The molecule has 0 saturated heterocycles. The molecule has 4 aromatic rings. The van der Waals surface area contributed by atoms with Gasteiger partial charge >= 0.3 is 0 Å². The minimum Gasteiger partial charge on any atom is -0.354 e. The molecule has 2 N–H and O–H groups in total. The molecule has 5 nitrogen and oxygen atoms in total. The monoisotopic (exact) mass is 386 g/mol. The lowest BCUT2D eigenvalue weighted by Gasteiger charge is -2.17. The Morgan fingerprint density at radius 1 is 0.931 bits per heavy atom. The zero-order valence-electron chi connectivity index (χ0n) is 16.4. The number of imidazole rings is 1. The summed E-state index contributed by atoms with van der Waals surface area (Å²) >= 11 is 0. The van der Waals surface area contributed by atoms with Crippen molar-refractivity contribution in [3.8, 4) is 0 Å². The number of aryl methyl sites for hydroxylation is 1. The van der Waals surface area contributed by atoms with Gasteiger partial charge in [-0.1, -0.05) is 48.9 Å². The molecule has 1 amide bonds. The molecule has 0 fully saturated rings. The largest absolute Gasteiger partial charge is 0.354 e. The van der Waals surface area contributed by atoms with Crippen LogP contribution in [0.25, 0.3) is 11.0 Å². The summed E-state index contributed by atoms with van der Waals surface area (Å²) in [6.45, 7) is 1.00. The number of carbonyl (C=O) groups is 1. The van der Waals surface area contributed by atoms with E-state index >= 15 is 0 Å². The van der Waals surface area contributed by atoms with E-state index in [0.29, 0.717) is 6.42 Å². The summed E-state index contributed by atoms with van der Waals surface area (Å²) < 4.78 is 2.17. The van der Waals surface area contributed by atoms with Crippen LogP contribution in [0.1, 0.15) is 43.1 Å². The Hall–Kier alpha value is -3.34. The van der Waals surface area contributed by atoms with Crippen LogP contribution in [0.5, 0.6) is 0 Å². The lowest BCUT2D eigenvalue weighted by Crippen LogP contribution is -2.29. The molecule has 5 heteroatoms. The maximum atomic E-state index is 12.6. The number of unbranched alkanes of at least 4 members (excludes halogenated alkanes) is 2. The maximum Gasteiger partial charge on any atom is 0.220 e. The van der Waals surface area contributed by atoms with Crippen molar-refractivity contribution in [1.29, 1.82) is 0 Å². The number of para-hydroxylation sites is 2. The fourth-order valence-corrected chi connectivity index (χ4v) is 3.57. The van der Waals surface area contributed by atoms with E-state index in [2.05, 4.69) is 27.3 Å². The number of nitrogens with one attached hydrogen (secondary N) is 2. The van der Waals surface area contributed by atoms with Crippen LogP contribution >= 0.6 is 0 Å². The predicted molar refractivity (Wildman–Crippen MR) is 115 cm³/mol. The van der Waals surface area contributed by atoms with Gasteiger partial charge in [-0.25, -0.2) is 4.98 Å². The Morgan fingerprint density at radius 2 is 1.69 bits per heavy atom. The molecular formula is C24H26N4O. The standard InChI is InChI=1S/C24H26N4O/c29-22(15-5-2-8-16-28-17-9-10-18-28)27-23(19-11-3-1-4-12-19)24-25-20-13-6-7-14-21(20)26-24/h1,3-4,6-7,9-14,17-18,23H,2,5,8,15-16H2,(H,25,26)(H,27,29). The summed E-state index contributed by atoms with van der Waals surface area (Å²) in [5.74, 6) is 0.818. The number of hydrogen-bond donors (Lipinski definition) is 2. The van der Waals surface area contributed by atoms with Crippen LogP contribution in [0.15, 0.2) is 79.1 Å². The van der Waals surface area contributed by atoms with Gasteiger partial charge in [0.1, 0.15) is 11.9 Å². The minimum atomic E-state index is -0.282. The Labute approximate surface area is 170 Å². The van der Waals surface area contributed by atoms with Gasteiger partial charge in [-0.2, -0.15) is 0 Å². The van der Waals surface area contributed by atoms with Crippen molar-refractivity contribution in [2.45, 2.75) is 38.3 Å². The average molecular weight is 386 g/mol. The number of H-pyrrole nitrogens is 1. The molecule has 0 radical (unpaired) electrons. The van der Waals surface area contributed by atoms with Crippen LogP contribution in [0.3, 0.4) is 0 Å². The second-order valence-corrected chi connectivity index (χ2v) is 7.28. The first kappa shape index (κ1) is 19.0. The highest BCUT2D eigenvalue weighted by Crippen LogP contribution is 2.22. The number of benzene rings is 2. The first-order valence-electron chi connectivity index (χ1n) is 10.2. The zero-order chi connectivity index (χ0) is 19.9. The molecule has 0 saturated carbocycles. The van der Waals surface area contributed by atoms with E-state index < -0.39 is 0 Å². The average Bonchev–Trinajstić information content (AvgIpc) is 3.42. The summed E-state index contributed by atoms with van der Waals surface area (Å²) in [6.07, 6.45) is 7.67. The van der Waals surface area contributed by atoms with Crippen molar-refractivity contribution in [2.75, 3.05) is 0 Å². The third-order valence-electron chi connectivity index (χ3n) is 5.11. The van der Waals surface area contributed by atoms with Crippen molar-refractivity contribution in [1.82, 2.24) is 19.9 Å². The molecule has 0 spiro atoms. The van der Waals surface area contributed by atoms with Gasteiger partial charge in [-0.05, 0) is 42.7 Å². The number of amides is 1. The van der Waals surface area contributed by atoms with Crippen molar-refractivity contribution < 1.29 is 4.79 Å². The second kappa shape index (κ2) is 9.24. The van der Waals surface area contributed by atoms with E-state index in [-0.39, 0.29) is 11.9 Å². The molecule has 29 heavy (non-hydrogen) atoms. The van der Waals surface area contributed by atoms with Gasteiger partial charge in [0.2, 0.25) is 5.91 Å². The maximum absolute atomic E-state index is 12.6. The molecular weight excluding hydrogens is 360 g/mol. The molecule has 1 unspecified atom stereocenters. The third-order valence-corrected chi connectivity index (χ3v) is 5.11. The fraction of sp³-hybridized carbons (Fsp3) is 0.250. The molecule has 148 valence electrons. The first-order chi connectivity index (χ1) is 14.3.